The number of ether oxygens (including phenoxy) is 3. The molecule has 3 aromatic carbocycles. The SMILES string of the molecule is CCOc1cc2c(c3c1OC(C)(C)C3)C(c1ccc(C(=O)O)c(NCCCOc3ccccc3)c1)=NC(C)(C)C2. The second kappa shape index (κ2) is 10.9. The Morgan fingerprint density at radius 1 is 1.05 bits per heavy atom. The largest absolute Gasteiger partial charge is 0.494 e. The van der Waals surface area contributed by atoms with Gasteiger partial charge in [-0.3, -0.25) is 4.99 Å². The maximum atomic E-state index is 12.1. The molecule has 0 bridgehead atoms. The van der Waals surface area contributed by atoms with Gasteiger partial charge in [-0.25, -0.2) is 4.79 Å². The number of carbonyl (C=O) groups is 1. The number of carboxylic acids is 1. The Labute approximate surface area is 236 Å². The molecule has 5 rings (SSSR count). The molecule has 0 atom stereocenters. The van der Waals surface area contributed by atoms with E-state index >= 15 is 0 Å². The fourth-order valence-corrected chi connectivity index (χ4v) is 5.57. The summed E-state index contributed by atoms with van der Waals surface area (Å²) in [6.45, 7) is 12.1. The van der Waals surface area contributed by atoms with E-state index in [9.17, 15) is 9.90 Å². The number of rotatable bonds is 10. The summed E-state index contributed by atoms with van der Waals surface area (Å²) in [4.78, 5) is 17.3. The van der Waals surface area contributed by atoms with E-state index in [-0.39, 0.29) is 16.7 Å². The Bertz CT molecular complexity index is 1440. The highest BCUT2D eigenvalue weighted by molar-refractivity contribution is 6.17. The highest BCUT2D eigenvalue weighted by atomic mass is 16.5. The lowest BCUT2D eigenvalue weighted by molar-refractivity contribution is 0.0698. The summed E-state index contributed by atoms with van der Waals surface area (Å²) in [5, 5.41) is 13.2. The van der Waals surface area contributed by atoms with Crippen LogP contribution in [0.3, 0.4) is 0 Å². The van der Waals surface area contributed by atoms with Crippen LogP contribution in [0.15, 0.2) is 59.6 Å². The summed E-state index contributed by atoms with van der Waals surface area (Å²) in [5.74, 6) is 1.41. The van der Waals surface area contributed by atoms with Gasteiger partial charge in [0.1, 0.15) is 11.4 Å². The molecule has 40 heavy (non-hydrogen) atoms. The maximum absolute atomic E-state index is 12.1. The minimum absolute atomic E-state index is 0.227. The van der Waals surface area contributed by atoms with Crippen molar-refractivity contribution in [3.8, 4) is 17.2 Å². The fraction of sp³-hybridized carbons (Fsp3) is 0.394. The fourth-order valence-electron chi connectivity index (χ4n) is 5.57. The van der Waals surface area contributed by atoms with Gasteiger partial charge in [-0.2, -0.15) is 0 Å². The van der Waals surface area contributed by atoms with Crippen LogP contribution in [-0.4, -0.2) is 47.7 Å². The van der Waals surface area contributed by atoms with E-state index in [2.05, 4.69) is 39.1 Å². The predicted octanol–water partition coefficient (Wildman–Crippen LogP) is 6.55. The zero-order valence-corrected chi connectivity index (χ0v) is 24.0. The summed E-state index contributed by atoms with van der Waals surface area (Å²) >= 11 is 0. The second-order valence-electron chi connectivity index (χ2n) is 11.6. The highest BCUT2D eigenvalue weighted by Crippen LogP contribution is 2.48. The van der Waals surface area contributed by atoms with E-state index in [0.717, 1.165) is 58.9 Å². The molecule has 7 nitrogen and oxygen atoms in total. The molecule has 0 unspecified atom stereocenters. The molecule has 2 aliphatic heterocycles. The number of anilines is 1. The molecule has 2 aliphatic rings. The Morgan fingerprint density at radius 3 is 2.55 bits per heavy atom. The van der Waals surface area contributed by atoms with E-state index < -0.39 is 5.97 Å². The van der Waals surface area contributed by atoms with Crippen LogP contribution in [0.4, 0.5) is 5.69 Å². The van der Waals surface area contributed by atoms with Gasteiger partial charge in [0.05, 0.1) is 30.0 Å². The molecule has 210 valence electrons. The lowest BCUT2D eigenvalue weighted by atomic mass is 9.80. The van der Waals surface area contributed by atoms with Gasteiger partial charge in [0, 0.05) is 35.3 Å². The summed E-state index contributed by atoms with van der Waals surface area (Å²) in [7, 11) is 0. The van der Waals surface area contributed by atoms with Crippen molar-refractivity contribution in [1.29, 1.82) is 0 Å². The van der Waals surface area contributed by atoms with Crippen molar-refractivity contribution in [2.75, 3.05) is 25.1 Å². The third kappa shape index (κ3) is 5.79. The number of nitrogens with zero attached hydrogens (tertiary/aromatic N) is 1. The maximum Gasteiger partial charge on any atom is 0.337 e. The summed E-state index contributed by atoms with van der Waals surface area (Å²) in [6.07, 6.45) is 2.24. The number of benzene rings is 3. The van der Waals surface area contributed by atoms with Crippen molar-refractivity contribution in [2.45, 2.75) is 65.0 Å². The summed E-state index contributed by atoms with van der Waals surface area (Å²) in [5.41, 5.74) is 5.20. The molecule has 2 N–H and O–H groups in total. The Hall–Kier alpha value is -4.00. The average Bonchev–Trinajstić information content (AvgIpc) is 3.23. The highest BCUT2D eigenvalue weighted by Gasteiger charge is 2.40. The molecule has 3 aromatic rings. The minimum Gasteiger partial charge on any atom is -0.494 e. The van der Waals surface area contributed by atoms with Crippen molar-refractivity contribution in [1.82, 2.24) is 0 Å². The van der Waals surface area contributed by atoms with E-state index in [1.807, 2.05) is 49.4 Å². The predicted molar refractivity (Wildman–Crippen MR) is 158 cm³/mol. The van der Waals surface area contributed by atoms with E-state index in [0.29, 0.717) is 25.4 Å². The van der Waals surface area contributed by atoms with Gasteiger partial charge < -0.3 is 24.6 Å². The van der Waals surface area contributed by atoms with Gasteiger partial charge in [-0.15, -0.1) is 0 Å². The average molecular weight is 543 g/mol. The number of nitrogens with one attached hydrogen (secondary N) is 1. The quantitative estimate of drug-likeness (QED) is 0.283. The zero-order valence-electron chi connectivity index (χ0n) is 24.0. The number of hydrogen-bond donors (Lipinski definition) is 2. The Morgan fingerprint density at radius 2 is 1.82 bits per heavy atom. The molecule has 0 fully saturated rings. The van der Waals surface area contributed by atoms with Crippen molar-refractivity contribution in [3.63, 3.8) is 0 Å². The van der Waals surface area contributed by atoms with Gasteiger partial charge in [0.15, 0.2) is 11.5 Å². The van der Waals surface area contributed by atoms with Crippen LogP contribution in [-0.2, 0) is 12.8 Å². The van der Waals surface area contributed by atoms with Gasteiger partial charge in [-0.05, 0) is 83.4 Å². The molecular weight excluding hydrogens is 504 g/mol. The molecule has 0 aliphatic carbocycles. The number of para-hydroxylation sites is 1. The normalized spacial score (nSPS) is 16.3. The van der Waals surface area contributed by atoms with Crippen molar-refractivity contribution >= 4 is 17.4 Å². The standard InChI is InChI=1S/C33H38N2O5/c1-6-38-27-18-22-19-32(2,3)35-29(28(22)25-20-33(4,5)40-30(25)27)21-13-14-24(31(36)37)26(17-21)34-15-10-16-39-23-11-8-7-9-12-23/h7-9,11-14,17-18,34H,6,10,15-16,19-20H2,1-5H3,(H,36,37). The molecule has 0 saturated heterocycles. The molecule has 0 radical (unpaired) electrons. The molecular formula is C33H38N2O5. The Kier molecular flexibility index (Phi) is 7.49. The molecule has 2 heterocycles. The van der Waals surface area contributed by atoms with Crippen LogP contribution in [0.25, 0.3) is 0 Å². The molecule has 7 heteroatoms. The van der Waals surface area contributed by atoms with Gasteiger partial charge >= 0.3 is 5.97 Å². The zero-order chi connectivity index (χ0) is 28.5. The second-order valence-corrected chi connectivity index (χ2v) is 11.6. The third-order valence-corrected chi connectivity index (χ3v) is 7.15. The summed E-state index contributed by atoms with van der Waals surface area (Å²) < 4.78 is 18.2. The van der Waals surface area contributed by atoms with Crippen LogP contribution in [0.1, 0.15) is 73.7 Å². The monoisotopic (exact) mass is 542 g/mol. The van der Waals surface area contributed by atoms with E-state index in [4.69, 9.17) is 19.2 Å². The van der Waals surface area contributed by atoms with Crippen LogP contribution < -0.4 is 19.5 Å². The lowest BCUT2D eigenvalue weighted by Gasteiger charge is -2.31. The molecule has 0 aromatic heterocycles. The first kappa shape index (κ1) is 27.6. The molecule has 0 spiro atoms. The number of aromatic carboxylic acids is 1. The topological polar surface area (TPSA) is 89.4 Å². The third-order valence-electron chi connectivity index (χ3n) is 7.15. The van der Waals surface area contributed by atoms with Gasteiger partial charge in [0.2, 0.25) is 0 Å². The van der Waals surface area contributed by atoms with E-state index in [1.54, 1.807) is 6.07 Å². The number of aliphatic imine (C=N–C) groups is 1. The van der Waals surface area contributed by atoms with Crippen LogP contribution in [0, 0.1) is 0 Å². The van der Waals surface area contributed by atoms with Crippen molar-refractivity contribution in [3.05, 3.63) is 82.4 Å². The number of carboxylic acid groups (broad SMARTS) is 1. The molecule has 0 amide bonds. The van der Waals surface area contributed by atoms with Crippen LogP contribution in [0.2, 0.25) is 0 Å². The smallest absolute Gasteiger partial charge is 0.337 e. The number of fused-ring (bicyclic) bond motifs is 3. The first-order chi connectivity index (χ1) is 19.1. The summed E-state index contributed by atoms with van der Waals surface area (Å²) in [6, 6.07) is 17.2. The first-order valence-electron chi connectivity index (χ1n) is 14.0. The van der Waals surface area contributed by atoms with Crippen LogP contribution in [0.5, 0.6) is 17.2 Å². The number of hydrogen-bond acceptors (Lipinski definition) is 6. The first-order valence-corrected chi connectivity index (χ1v) is 14.0. The van der Waals surface area contributed by atoms with Gasteiger partial charge in [-0.1, -0.05) is 24.3 Å². The van der Waals surface area contributed by atoms with E-state index in [1.165, 1.54) is 5.56 Å². The minimum atomic E-state index is -0.974. The van der Waals surface area contributed by atoms with Gasteiger partial charge in [0.25, 0.3) is 0 Å². The van der Waals surface area contributed by atoms with Crippen molar-refractivity contribution < 1.29 is 24.1 Å². The molecule has 0 saturated carbocycles. The van der Waals surface area contributed by atoms with Crippen molar-refractivity contribution in [2.24, 2.45) is 4.99 Å². The van der Waals surface area contributed by atoms with Crippen LogP contribution >= 0.6 is 0 Å². The lowest BCUT2D eigenvalue weighted by Crippen LogP contribution is -2.30. The Balaban J connectivity index is 1.47.